The summed E-state index contributed by atoms with van der Waals surface area (Å²) < 4.78 is 1.60. The zero-order valence-corrected chi connectivity index (χ0v) is 9.83. The maximum atomic E-state index is 5.90. The molecule has 1 aromatic carbocycles. The van der Waals surface area contributed by atoms with Crippen LogP contribution in [0.15, 0.2) is 36.5 Å². The van der Waals surface area contributed by atoms with Crippen molar-refractivity contribution in [1.82, 2.24) is 25.0 Å². The Balaban J connectivity index is 2.02. The Kier molecular flexibility index (Phi) is 2.33. The SMILES string of the molecule is Cn1ncc(-c2nc(-c3ccccc3)n[nH]2)c1N. The number of benzene rings is 1. The normalized spacial score (nSPS) is 10.7. The first-order valence-corrected chi connectivity index (χ1v) is 5.51. The number of H-pyrrole nitrogens is 1. The number of nitrogens with one attached hydrogen (secondary N) is 1. The number of hydrogen-bond donors (Lipinski definition) is 2. The Bertz CT molecular complexity index is 667. The van der Waals surface area contributed by atoms with Gasteiger partial charge in [0.2, 0.25) is 0 Å². The number of nitrogens with two attached hydrogens (primary N) is 1. The average molecular weight is 240 g/mol. The highest BCUT2D eigenvalue weighted by Gasteiger charge is 2.12. The molecule has 0 aliphatic carbocycles. The van der Waals surface area contributed by atoms with E-state index in [2.05, 4.69) is 20.3 Å². The molecule has 0 saturated carbocycles. The molecule has 0 aliphatic rings. The molecule has 18 heavy (non-hydrogen) atoms. The summed E-state index contributed by atoms with van der Waals surface area (Å²) in [5.41, 5.74) is 7.61. The van der Waals surface area contributed by atoms with E-state index in [0.717, 1.165) is 11.1 Å². The van der Waals surface area contributed by atoms with Gasteiger partial charge in [-0.15, -0.1) is 0 Å². The summed E-state index contributed by atoms with van der Waals surface area (Å²) in [7, 11) is 1.79. The van der Waals surface area contributed by atoms with Crippen molar-refractivity contribution >= 4 is 5.82 Å². The van der Waals surface area contributed by atoms with E-state index in [0.29, 0.717) is 17.5 Å². The fraction of sp³-hybridized carbons (Fsp3) is 0.0833. The second kappa shape index (κ2) is 3.99. The van der Waals surface area contributed by atoms with E-state index in [1.807, 2.05) is 30.3 Å². The van der Waals surface area contributed by atoms with Crippen LogP contribution in [0.25, 0.3) is 22.8 Å². The average Bonchev–Trinajstić information content (AvgIpc) is 3.00. The highest BCUT2D eigenvalue weighted by molar-refractivity contribution is 5.69. The Morgan fingerprint density at radius 2 is 2.00 bits per heavy atom. The van der Waals surface area contributed by atoms with Gasteiger partial charge in [-0.05, 0) is 0 Å². The van der Waals surface area contributed by atoms with E-state index in [4.69, 9.17) is 5.73 Å². The Morgan fingerprint density at radius 3 is 2.67 bits per heavy atom. The van der Waals surface area contributed by atoms with Gasteiger partial charge < -0.3 is 5.73 Å². The van der Waals surface area contributed by atoms with Crippen molar-refractivity contribution in [2.24, 2.45) is 7.05 Å². The lowest BCUT2D eigenvalue weighted by atomic mass is 10.2. The number of aryl methyl sites for hydroxylation is 1. The van der Waals surface area contributed by atoms with Gasteiger partial charge in [-0.1, -0.05) is 30.3 Å². The third-order valence-corrected chi connectivity index (χ3v) is 2.76. The number of rotatable bonds is 2. The zero-order valence-electron chi connectivity index (χ0n) is 9.83. The molecule has 0 saturated heterocycles. The summed E-state index contributed by atoms with van der Waals surface area (Å²) in [6.07, 6.45) is 1.67. The van der Waals surface area contributed by atoms with E-state index in [9.17, 15) is 0 Å². The smallest absolute Gasteiger partial charge is 0.181 e. The van der Waals surface area contributed by atoms with Crippen molar-refractivity contribution in [2.45, 2.75) is 0 Å². The van der Waals surface area contributed by atoms with Crippen molar-refractivity contribution in [2.75, 3.05) is 5.73 Å². The Labute approximate surface area is 103 Å². The first-order chi connectivity index (χ1) is 8.75. The predicted molar refractivity (Wildman–Crippen MR) is 68.4 cm³/mol. The third kappa shape index (κ3) is 1.64. The minimum atomic E-state index is 0.561. The van der Waals surface area contributed by atoms with Crippen LogP contribution in [-0.4, -0.2) is 25.0 Å². The fourth-order valence-corrected chi connectivity index (χ4v) is 1.73. The van der Waals surface area contributed by atoms with E-state index in [1.165, 1.54) is 0 Å². The van der Waals surface area contributed by atoms with Gasteiger partial charge in [0.05, 0.1) is 11.8 Å². The minimum Gasteiger partial charge on any atom is -0.383 e. The van der Waals surface area contributed by atoms with Crippen LogP contribution in [0.5, 0.6) is 0 Å². The van der Waals surface area contributed by atoms with Gasteiger partial charge in [0.15, 0.2) is 11.6 Å². The highest BCUT2D eigenvalue weighted by Crippen LogP contribution is 2.23. The topological polar surface area (TPSA) is 85.4 Å². The standard InChI is InChI=1S/C12H12N6/c1-18-10(13)9(7-14-18)12-15-11(16-17-12)8-5-3-2-4-6-8/h2-7H,13H2,1H3,(H,15,16,17). The molecule has 2 heterocycles. The maximum absolute atomic E-state index is 5.90. The van der Waals surface area contributed by atoms with Crippen molar-refractivity contribution < 1.29 is 0 Å². The lowest BCUT2D eigenvalue weighted by Crippen LogP contribution is -1.98. The number of aromatic nitrogens is 5. The molecule has 3 N–H and O–H groups in total. The van der Waals surface area contributed by atoms with Crippen molar-refractivity contribution in [3.8, 4) is 22.8 Å². The monoisotopic (exact) mass is 240 g/mol. The van der Waals surface area contributed by atoms with Crippen molar-refractivity contribution in [1.29, 1.82) is 0 Å². The van der Waals surface area contributed by atoms with Gasteiger partial charge in [-0.2, -0.15) is 10.2 Å². The quantitative estimate of drug-likeness (QED) is 0.710. The van der Waals surface area contributed by atoms with Crippen LogP contribution in [0.1, 0.15) is 0 Å². The van der Waals surface area contributed by atoms with Crippen LogP contribution in [0.4, 0.5) is 5.82 Å². The minimum absolute atomic E-state index is 0.561. The largest absolute Gasteiger partial charge is 0.383 e. The Morgan fingerprint density at radius 1 is 1.22 bits per heavy atom. The molecule has 3 aromatic rings. The van der Waals surface area contributed by atoms with Crippen LogP contribution < -0.4 is 5.73 Å². The molecule has 0 bridgehead atoms. The fourth-order valence-electron chi connectivity index (χ4n) is 1.73. The molecule has 90 valence electrons. The molecule has 2 aromatic heterocycles. The van der Waals surface area contributed by atoms with Gasteiger partial charge in [0, 0.05) is 12.6 Å². The van der Waals surface area contributed by atoms with Gasteiger partial charge in [0.1, 0.15) is 5.82 Å². The van der Waals surface area contributed by atoms with Crippen molar-refractivity contribution in [3.63, 3.8) is 0 Å². The number of aromatic amines is 1. The summed E-state index contributed by atoms with van der Waals surface area (Å²) in [5.74, 6) is 1.83. The molecule has 0 atom stereocenters. The molecule has 0 amide bonds. The van der Waals surface area contributed by atoms with E-state index in [-0.39, 0.29) is 0 Å². The molecular formula is C12H12N6. The molecule has 6 nitrogen and oxygen atoms in total. The van der Waals surface area contributed by atoms with E-state index < -0.39 is 0 Å². The van der Waals surface area contributed by atoms with Gasteiger partial charge >= 0.3 is 0 Å². The first-order valence-electron chi connectivity index (χ1n) is 5.51. The first kappa shape index (κ1) is 10.5. The lowest BCUT2D eigenvalue weighted by Gasteiger charge is -1.95. The molecule has 3 rings (SSSR count). The number of nitrogen functional groups attached to an aromatic ring is 1. The van der Waals surface area contributed by atoms with E-state index >= 15 is 0 Å². The Hall–Kier alpha value is -2.63. The third-order valence-electron chi connectivity index (χ3n) is 2.76. The van der Waals surface area contributed by atoms with Crippen LogP contribution in [0.3, 0.4) is 0 Å². The van der Waals surface area contributed by atoms with Gasteiger partial charge in [-0.3, -0.25) is 9.78 Å². The van der Waals surface area contributed by atoms with Crippen LogP contribution >= 0.6 is 0 Å². The predicted octanol–water partition coefficient (Wildman–Crippen LogP) is 1.45. The molecule has 0 fully saturated rings. The van der Waals surface area contributed by atoms with Crippen LogP contribution in [-0.2, 0) is 7.05 Å². The molecule has 6 heteroatoms. The zero-order chi connectivity index (χ0) is 12.5. The lowest BCUT2D eigenvalue weighted by molar-refractivity contribution is 0.779. The van der Waals surface area contributed by atoms with Gasteiger partial charge in [0.25, 0.3) is 0 Å². The molecular weight excluding hydrogens is 228 g/mol. The van der Waals surface area contributed by atoms with Crippen LogP contribution in [0.2, 0.25) is 0 Å². The summed E-state index contributed by atoms with van der Waals surface area (Å²) >= 11 is 0. The second-order valence-corrected chi connectivity index (χ2v) is 3.94. The van der Waals surface area contributed by atoms with Gasteiger partial charge in [-0.25, -0.2) is 4.98 Å². The maximum Gasteiger partial charge on any atom is 0.181 e. The summed E-state index contributed by atoms with van der Waals surface area (Å²) in [4.78, 5) is 4.42. The summed E-state index contributed by atoms with van der Waals surface area (Å²) in [6, 6.07) is 9.77. The number of nitrogens with zero attached hydrogens (tertiary/aromatic N) is 4. The van der Waals surface area contributed by atoms with Crippen molar-refractivity contribution in [3.05, 3.63) is 36.5 Å². The van der Waals surface area contributed by atoms with E-state index in [1.54, 1.807) is 17.9 Å². The molecule has 0 unspecified atom stereocenters. The van der Waals surface area contributed by atoms with Crippen LogP contribution in [0, 0.1) is 0 Å². The summed E-state index contributed by atoms with van der Waals surface area (Å²) in [6.45, 7) is 0. The second-order valence-electron chi connectivity index (χ2n) is 3.94. The number of hydrogen-bond acceptors (Lipinski definition) is 4. The molecule has 0 radical (unpaired) electrons. The number of anilines is 1. The summed E-state index contributed by atoms with van der Waals surface area (Å²) in [5, 5.41) is 11.1. The molecule has 0 spiro atoms. The molecule has 0 aliphatic heterocycles. The highest BCUT2D eigenvalue weighted by atomic mass is 15.3.